The summed E-state index contributed by atoms with van der Waals surface area (Å²) in [6, 6.07) is 12.3. The molecule has 0 saturated carbocycles. The molecular formula is C29H31N3O2. The van der Waals surface area contributed by atoms with Crippen molar-refractivity contribution >= 4 is 22.8 Å². The van der Waals surface area contributed by atoms with E-state index in [4.69, 9.17) is 0 Å². The summed E-state index contributed by atoms with van der Waals surface area (Å²) in [5.41, 5.74) is 7.30. The van der Waals surface area contributed by atoms with E-state index in [1.807, 2.05) is 18.2 Å². The first-order valence-electron chi connectivity index (χ1n) is 12.1. The first-order valence-corrected chi connectivity index (χ1v) is 12.1. The molecular weight excluding hydrogens is 422 g/mol. The molecule has 0 amide bonds. The number of Topliss-reactive ketones (excluding diaryl/α,β-unsaturated/α-hetero) is 2. The van der Waals surface area contributed by atoms with Crippen LogP contribution in [0.15, 0.2) is 35.9 Å². The Balaban J connectivity index is 1.61. The summed E-state index contributed by atoms with van der Waals surface area (Å²) in [6.07, 6.45) is 0.676. The minimum Gasteiger partial charge on any atom is -0.368 e. The van der Waals surface area contributed by atoms with Crippen molar-refractivity contribution in [2.75, 3.05) is 31.1 Å². The number of hydrogen-bond acceptors (Lipinski definition) is 5. The number of benzene rings is 2. The van der Waals surface area contributed by atoms with Crippen LogP contribution in [0.5, 0.6) is 0 Å². The maximum atomic E-state index is 13.8. The molecule has 0 bridgehead atoms. The smallest absolute Gasteiger partial charge is 0.193 e. The quantitative estimate of drug-likeness (QED) is 0.626. The summed E-state index contributed by atoms with van der Waals surface area (Å²) in [7, 11) is 0. The van der Waals surface area contributed by atoms with Crippen LogP contribution in [0.2, 0.25) is 0 Å². The van der Waals surface area contributed by atoms with Crippen LogP contribution in [-0.4, -0.2) is 48.7 Å². The van der Waals surface area contributed by atoms with E-state index in [0.717, 1.165) is 59.7 Å². The summed E-state index contributed by atoms with van der Waals surface area (Å²) in [4.78, 5) is 31.3. The zero-order valence-corrected chi connectivity index (χ0v) is 20.7. The summed E-state index contributed by atoms with van der Waals surface area (Å²) in [6.45, 7) is 14.0. The van der Waals surface area contributed by atoms with E-state index in [1.165, 1.54) is 0 Å². The Kier molecular flexibility index (Phi) is 5.26. The van der Waals surface area contributed by atoms with Crippen LogP contribution < -0.4 is 4.90 Å². The second-order valence-corrected chi connectivity index (χ2v) is 10.6. The largest absolute Gasteiger partial charge is 0.368 e. The minimum absolute atomic E-state index is 0.00791. The molecule has 2 aliphatic carbocycles. The second-order valence-electron chi connectivity index (χ2n) is 10.6. The third kappa shape index (κ3) is 3.32. The van der Waals surface area contributed by atoms with Gasteiger partial charge in [-0.1, -0.05) is 19.9 Å². The molecule has 1 saturated heterocycles. The SMILES string of the molecule is CC(=O)c1cc2c(cc1N1CCN(C(C)C)CC1)C(C)(C)C1=C(C2=O)c2ccc(C#N)cc2C1. The summed E-state index contributed by atoms with van der Waals surface area (Å²) in [5.74, 6) is -0.0218. The van der Waals surface area contributed by atoms with Gasteiger partial charge in [-0.2, -0.15) is 5.26 Å². The number of fused-ring (bicyclic) bond motifs is 3. The molecule has 2 aromatic rings. The number of nitrogens with zero attached hydrogens (tertiary/aromatic N) is 3. The molecule has 1 aliphatic heterocycles. The van der Waals surface area contributed by atoms with E-state index in [0.29, 0.717) is 29.2 Å². The van der Waals surface area contributed by atoms with Crippen molar-refractivity contribution in [3.8, 4) is 6.07 Å². The lowest BCUT2D eigenvalue weighted by Crippen LogP contribution is -2.49. The maximum Gasteiger partial charge on any atom is 0.193 e. The first-order chi connectivity index (χ1) is 16.1. The Morgan fingerprint density at radius 3 is 2.38 bits per heavy atom. The number of allylic oxidation sites excluding steroid dienone is 2. The van der Waals surface area contributed by atoms with E-state index in [1.54, 1.807) is 13.0 Å². The van der Waals surface area contributed by atoms with E-state index in [9.17, 15) is 14.9 Å². The highest BCUT2D eigenvalue weighted by atomic mass is 16.1. The predicted octanol–water partition coefficient (Wildman–Crippen LogP) is 4.78. The molecule has 174 valence electrons. The van der Waals surface area contributed by atoms with Crippen molar-refractivity contribution in [1.29, 1.82) is 5.26 Å². The van der Waals surface area contributed by atoms with Crippen molar-refractivity contribution < 1.29 is 9.59 Å². The van der Waals surface area contributed by atoms with Gasteiger partial charge in [0.05, 0.1) is 11.6 Å². The van der Waals surface area contributed by atoms with Gasteiger partial charge in [-0.15, -0.1) is 0 Å². The Morgan fingerprint density at radius 1 is 1.06 bits per heavy atom. The van der Waals surface area contributed by atoms with Gasteiger partial charge in [-0.3, -0.25) is 14.5 Å². The van der Waals surface area contributed by atoms with Crippen LogP contribution in [0.25, 0.3) is 5.57 Å². The van der Waals surface area contributed by atoms with E-state index in [2.05, 4.69) is 49.6 Å². The van der Waals surface area contributed by atoms with Crippen LogP contribution in [-0.2, 0) is 11.8 Å². The molecule has 1 heterocycles. The molecule has 0 radical (unpaired) electrons. The second kappa shape index (κ2) is 7.92. The number of carbonyl (C=O) groups is 2. The fourth-order valence-corrected chi connectivity index (χ4v) is 5.90. The third-order valence-corrected chi connectivity index (χ3v) is 7.97. The number of anilines is 1. The van der Waals surface area contributed by atoms with Crippen LogP contribution in [0.1, 0.15) is 77.6 Å². The highest BCUT2D eigenvalue weighted by Gasteiger charge is 2.43. The van der Waals surface area contributed by atoms with Crippen LogP contribution in [0.4, 0.5) is 5.69 Å². The fourth-order valence-electron chi connectivity index (χ4n) is 5.90. The molecule has 2 aromatic carbocycles. The lowest BCUT2D eigenvalue weighted by Gasteiger charge is -2.40. The lowest BCUT2D eigenvalue weighted by atomic mass is 9.68. The van der Waals surface area contributed by atoms with Crippen molar-refractivity contribution in [3.05, 3.63) is 69.3 Å². The molecule has 0 aromatic heterocycles. The Bertz CT molecular complexity index is 1300. The van der Waals surface area contributed by atoms with Gasteiger partial charge >= 0.3 is 0 Å². The summed E-state index contributed by atoms with van der Waals surface area (Å²) >= 11 is 0. The van der Waals surface area contributed by atoms with Crippen molar-refractivity contribution in [2.24, 2.45) is 0 Å². The lowest BCUT2D eigenvalue weighted by molar-refractivity contribution is 0.101. The Hall–Kier alpha value is -3.23. The standard InChI is InChI=1S/C29H31N3O2/c1-17(2)31-8-10-32(11-9-31)26-15-24-23(14-22(26)18(3)33)28(34)27-21-7-6-19(16-30)12-20(21)13-25(27)29(24,4)5/h6-7,12,14-15,17H,8-11,13H2,1-5H3. The van der Waals surface area contributed by atoms with Gasteiger partial charge in [0.2, 0.25) is 0 Å². The molecule has 0 spiro atoms. The number of nitriles is 1. The van der Waals surface area contributed by atoms with Gasteiger partial charge in [0, 0.05) is 60.0 Å². The first kappa shape index (κ1) is 22.6. The van der Waals surface area contributed by atoms with E-state index >= 15 is 0 Å². The predicted molar refractivity (Wildman–Crippen MR) is 135 cm³/mol. The summed E-state index contributed by atoms with van der Waals surface area (Å²) in [5, 5.41) is 9.34. The number of hydrogen-bond donors (Lipinski definition) is 0. The average Bonchev–Trinajstić information content (AvgIpc) is 3.22. The summed E-state index contributed by atoms with van der Waals surface area (Å²) < 4.78 is 0. The Labute approximate surface area is 201 Å². The third-order valence-electron chi connectivity index (χ3n) is 7.97. The monoisotopic (exact) mass is 453 g/mol. The number of ketones is 2. The number of carbonyl (C=O) groups excluding carboxylic acids is 2. The van der Waals surface area contributed by atoms with Gasteiger partial charge in [0.1, 0.15) is 0 Å². The van der Waals surface area contributed by atoms with E-state index < -0.39 is 0 Å². The molecule has 34 heavy (non-hydrogen) atoms. The van der Waals surface area contributed by atoms with E-state index in [-0.39, 0.29) is 17.0 Å². The van der Waals surface area contributed by atoms with Gasteiger partial charge in [-0.05, 0) is 73.7 Å². The van der Waals surface area contributed by atoms with Crippen molar-refractivity contribution in [1.82, 2.24) is 4.90 Å². The van der Waals surface area contributed by atoms with Crippen molar-refractivity contribution in [2.45, 2.75) is 52.5 Å². The topological polar surface area (TPSA) is 64.4 Å². The van der Waals surface area contributed by atoms with Crippen LogP contribution >= 0.6 is 0 Å². The van der Waals surface area contributed by atoms with Gasteiger partial charge in [-0.25, -0.2) is 0 Å². The molecule has 5 rings (SSSR count). The number of rotatable bonds is 3. The van der Waals surface area contributed by atoms with Gasteiger partial charge < -0.3 is 4.90 Å². The van der Waals surface area contributed by atoms with Crippen LogP contribution in [0, 0.1) is 11.3 Å². The Morgan fingerprint density at radius 2 is 1.76 bits per heavy atom. The molecule has 5 nitrogen and oxygen atoms in total. The maximum absolute atomic E-state index is 13.8. The van der Waals surface area contributed by atoms with Gasteiger partial charge in [0.25, 0.3) is 0 Å². The molecule has 5 heteroatoms. The highest BCUT2D eigenvalue weighted by molar-refractivity contribution is 6.33. The molecule has 1 fully saturated rings. The number of piperazine rings is 1. The molecule has 0 unspecified atom stereocenters. The fraction of sp³-hybridized carbons (Fsp3) is 0.414. The average molecular weight is 454 g/mol. The minimum atomic E-state index is -0.353. The highest BCUT2D eigenvalue weighted by Crippen LogP contribution is 2.51. The molecule has 0 N–H and O–H groups in total. The van der Waals surface area contributed by atoms with Crippen LogP contribution in [0.3, 0.4) is 0 Å². The molecule has 3 aliphatic rings. The zero-order chi connectivity index (χ0) is 24.4. The van der Waals surface area contributed by atoms with Gasteiger partial charge in [0.15, 0.2) is 11.6 Å². The van der Waals surface area contributed by atoms with Crippen molar-refractivity contribution in [3.63, 3.8) is 0 Å². The normalized spacial score (nSPS) is 19.1. The molecule has 0 atom stereocenters. The zero-order valence-electron chi connectivity index (χ0n) is 20.7.